The largest absolute Gasteiger partial charge is 0.416 e. The molecule has 0 radical (unpaired) electrons. The van der Waals surface area contributed by atoms with Crippen LogP contribution in [0.15, 0.2) is 42.7 Å². The summed E-state index contributed by atoms with van der Waals surface area (Å²) in [5.41, 5.74) is 2.36. The van der Waals surface area contributed by atoms with Crippen molar-refractivity contribution in [3.63, 3.8) is 0 Å². The molecule has 0 spiro atoms. The summed E-state index contributed by atoms with van der Waals surface area (Å²) in [4.78, 5) is 20.6. The lowest BCUT2D eigenvalue weighted by Gasteiger charge is -2.35. The average molecular weight is 503 g/mol. The minimum atomic E-state index is -4.63. The van der Waals surface area contributed by atoms with Gasteiger partial charge < -0.3 is 10.2 Å². The molecule has 7 nitrogen and oxygen atoms in total. The highest BCUT2D eigenvalue weighted by Gasteiger charge is 2.35. The minimum Gasteiger partial charge on any atom is -0.334 e. The minimum absolute atomic E-state index is 0.161. The molecule has 2 N–H and O–H groups in total. The molecule has 4 heterocycles. The third-order valence-electron chi connectivity index (χ3n) is 6.81. The predicted octanol–water partition coefficient (Wildman–Crippen LogP) is 4.36. The van der Waals surface area contributed by atoms with Gasteiger partial charge in [-0.05, 0) is 43.7 Å². The van der Waals surface area contributed by atoms with Gasteiger partial charge in [-0.2, -0.15) is 18.3 Å². The van der Waals surface area contributed by atoms with Gasteiger partial charge in [0.1, 0.15) is 5.82 Å². The Morgan fingerprint density at radius 3 is 2.75 bits per heavy atom. The summed E-state index contributed by atoms with van der Waals surface area (Å²) in [6, 6.07) is 6.30. The van der Waals surface area contributed by atoms with Crippen molar-refractivity contribution in [1.29, 1.82) is 0 Å². The number of nitrogens with zero attached hydrogens (tertiary/aromatic N) is 4. The molecule has 1 saturated heterocycles. The molecular weight excluding hydrogens is 476 g/mol. The van der Waals surface area contributed by atoms with Crippen molar-refractivity contribution in [2.24, 2.45) is 0 Å². The van der Waals surface area contributed by atoms with Crippen LogP contribution < -0.4 is 5.32 Å². The van der Waals surface area contributed by atoms with Gasteiger partial charge in [-0.15, -0.1) is 0 Å². The number of carbonyl (C=O) groups excluding carboxylic acids is 1. The highest BCUT2D eigenvalue weighted by Crippen LogP contribution is 2.34. The number of aromatic amines is 1. The first-order valence-corrected chi connectivity index (χ1v) is 11.9. The molecule has 3 aromatic rings. The lowest BCUT2D eigenvalue weighted by Crippen LogP contribution is -2.52. The van der Waals surface area contributed by atoms with Crippen molar-refractivity contribution in [3.8, 4) is 11.3 Å². The molecule has 36 heavy (non-hydrogen) atoms. The third kappa shape index (κ3) is 5.06. The summed E-state index contributed by atoms with van der Waals surface area (Å²) in [5, 5.41) is 10.5. The van der Waals surface area contributed by atoms with Crippen LogP contribution in [-0.4, -0.2) is 56.7 Å². The molecule has 1 unspecified atom stereocenters. The van der Waals surface area contributed by atoms with Crippen molar-refractivity contribution in [2.75, 3.05) is 19.6 Å². The standard InChI is InChI=1S/C25H26F4N6O/c26-21-5-1-4-20(25(27,28)29)18(21)14-34-11-2-3-17(13-34)31-24(36)35-12-8-22-19(15-35)23(33-32-22)16-6-9-30-10-7-16/h1,4-7,9-10,17H,2-3,8,11-15H2,(H,31,36)(H,32,33). The Kier molecular flexibility index (Phi) is 6.65. The Morgan fingerprint density at radius 2 is 1.97 bits per heavy atom. The fourth-order valence-electron chi connectivity index (χ4n) is 5.01. The molecule has 1 aromatic carbocycles. The van der Waals surface area contributed by atoms with Crippen molar-refractivity contribution in [1.82, 2.24) is 30.3 Å². The summed E-state index contributed by atoms with van der Waals surface area (Å²) in [7, 11) is 0. The summed E-state index contributed by atoms with van der Waals surface area (Å²) in [6.45, 7) is 1.65. The Balaban J connectivity index is 1.23. The number of halogens is 4. The van der Waals surface area contributed by atoms with E-state index in [1.807, 2.05) is 12.1 Å². The van der Waals surface area contributed by atoms with Crippen LogP contribution in [-0.2, 0) is 25.7 Å². The molecule has 2 amide bonds. The maximum Gasteiger partial charge on any atom is 0.416 e. The molecule has 0 aliphatic carbocycles. The van der Waals surface area contributed by atoms with Crippen LogP contribution in [0.3, 0.4) is 0 Å². The van der Waals surface area contributed by atoms with Crippen LogP contribution in [0.25, 0.3) is 11.3 Å². The van der Waals surface area contributed by atoms with Crippen LogP contribution in [0.1, 0.15) is 35.2 Å². The second kappa shape index (κ2) is 9.88. The first-order valence-electron chi connectivity index (χ1n) is 11.9. The number of H-pyrrole nitrogens is 1. The summed E-state index contributed by atoms with van der Waals surface area (Å²) >= 11 is 0. The number of benzene rings is 1. The molecule has 2 aromatic heterocycles. The van der Waals surface area contributed by atoms with Gasteiger partial charge in [-0.1, -0.05) is 6.07 Å². The number of aromatic nitrogens is 3. The van der Waals surface area contributed by atoms with Crippen LogP contribution in [0.5, 0.6) is 0 Å². The smallest absolute Gasteiger partial charge is 0.334 e. The molecule has 0 bridgehead atoms. The SMILES string of the molecule is O=C(NC1CCCN(Cc2c(F)cccc2C(F)(F)F)C1)N1CCc2[nH]nc(-c3ccncc3)c2C1. The Hall–Kier alpha value is -3.47. The number of hydrogen-bond acceptors (Lipinski definition) is 4. The zero-order chi connectivity index (χ0) is 25.3. The van der Waals surface area contributed by atoms with Crippen molar-refractivity contribution >= 4 is 6.03 Å². The van der Waals surface area contributed by atoms with Crippen molar-refractivity contribution in [3.05, 3.63) is 70.9 Å². The van der Waals surface area contributed by atoms with E-state index < -0.39 is 17.6 Å². The normalized spacial score (nSPS) is 18.7. The molecule has 11 heteroatoms. The molecule has 1 atom stereocenters. The van der Waals surface area contributed by atoms with E-state index >= 15 is 0 Å². The predicted molar refractivity (Wildman–Crippen MR) is 124 cm³/mol. The van der Waals surface area contributed by atoms with Crippen LogP contribution in [0, 0.1) is 5.82 Å². The molecule has 2 aliphatic rings. The van der Waals surface area contributed by atoms with Gasteiger partial charge in [0.05, 0.1) is 17.8 Å². The fraction of sp³-hybridized carbons (Fsp3) is 0.400. The van der Waals surface area contributed by atoms with E-state index in [9.17, 15) is 22.4 Å². The first-order chi connectivity index (χ1) is 17.3. The number of urea groups is 1. The zero-order valence-corrected chi connectivity index (χ0v) is 19.5. The van der Waals surface area contributed by atoms with E-state index in [4.69, 9.17) is 0 Å². The quantitative estimate of drug-likeness (QED) is 0.520. The van der Waals surface area contributed by atoms with Crippen LogP contribution >= 0.6 is 0 Å². The number of piperidine rings is 1. The van der Waals surface area contributed by atoms with Gasteiger partial charge in [0.15, 0.2) is 0 Å². The van der Waals surface area contributed by atoms with E-state index in [2.05, 4.69) is 20.5 Å². The summed E-state index contributed by atoms with van der Waals surface area (Å²) in [6.07, 6.45) is 0.799. The number of hydrogen-bond donors (Lipinski definition) is 2. The number of fused-ring (bicyclic) bond motifs is 1. The van der Waals surface area contributed by atoms with Gasteiger partial charge in [-0.3, -0.25) is 15.0 Å². The fourth-order valence-corrected chi connectivity index (χ4v) is 5.01. The van der Waals surface area contributed by atoms with Crippen LogP contribution in [0.4, 0.5) is 22.4 Å². The van der Waals surface area contributed by atoms with Gasteiger partial charge in [0, 0.05) is 66.9 Å². The average Bonchev–Trinajstić information content (AvgIpc) is 3.29. The van der Waals surface area contributed by atoms with E-state index in [-0.39, 0.29) is 24.2 Å². The van der Waals surface area contributed by atoms with Gasteiger partial charge >= 0.3 is 12.2 Å². The zero-order valence-electron chi connectivity index (χ0n) is 19.5. The number of nitrogens with one attached hydrogen (secondary N) is 2. The van der Waals surface area contributed by atoms with Crippen molar-refractivity contribution < 1.29 is 22.4 Å². The van der Waals surface area contributed by atoms with Gasteiger partial charge in [-0.25, -0.2) is 9.18 Å². The second-order valence-corrected chi connectivity index (χ2v) is 9.22. The van der Waals surface area contributed by atoms with E-state index in [1.165, 1.54) is 0 Å². The second-order valence-electron chi connectivity index (χ2n) is 9.22. The van der Waals surface area contributed by atoms with E-state index in [0.717, 1.165) is 40.7 Å². The van der Waals surface area contributed by atoms with E-state index in [1.54, 1.807) is 22.2 Å². The number of amides is 2. The number of alkyl halides is 3. The molecule has 5 rings (SSSR count). The lowest BCUT2D eigenvalue weighted by molar-refractivity contribution is -0.138. The highest BCUT2D eigenvalue weighted by atomic mass is 19.4. The highest BCUT2D eigenvalue weighted by molar-refractivity contribution is 5.76. The molecule has 2 aliphatic heterocycles. The van der Waals surface area contributed by atoms with Crippen molar-refractivity contribution in [2.45, 2.75) is 44.6 Å². The Morgan fingerprint density at radius 1 is 1.17 bits per heavy atom. The lowest BCUT2D eigenvalue weighted by atomic mass is 10.0. The van der Waals surface area contributed by atoms with E-state index in [0.29, 0.717) is 45.4 Å². The Labute approximate surface area is 205 Å². The Bertz CT molecular complexity index is 1230. The maximum atomic E-state index is 14.3. The van der Waals surface area contributed by atoms with Gasteiger partial charge in [0.2, 0.25) is 0 Å². The third-order valence-corrected chi connectivity index (χ3v) is 6.81. The van der Waals surface area contributed by atoms with Gasteiger partial charge in [0.25, 0.3) is 0 Å². The first kappa shape index (κ1) is 24.2. The number of rotatable bonds is 4. The maximum absolute atomic E-state index is 14.3. The summed E-state index contributed by atoms with van der Waals surface area (Å²) < 4.78 is 54.5. The summed E-state index contributed by atoms with van der Waals surface area (Å²) in [5.74, 6) is -0.870. The van der Waals surface area contributed by atoms with Crippen LogP contribution in [0.2, 0.25) is 0 Å². The number of likely N-dealkylation sites (tertiary alicyclic amines) is 1. The molecule has 1 fully saturated rings. The number of carbonyl (C=O) groups is 1. The topological polar surface area (TPSA) is 77.2 Å². The monoisotopic (exact) mass is 502 g/mol. The molecule has 0 saturated carbocycles. The molecular formula is C25H26F4N6O. The number of pyridine rings is 1. The molecule has 190 valence electrons.